The van der Waals surface area contributed by atoms with Gasteiger partial charge < -0.3 is 19.7 Å². The summed E-state index contributed by atoms with van der Waals surface area (Å²) < 4.78 is 10.8. The Morgan fingerprint density at radius 2 is 2.00 bits per heavy atom. The maximum absolute atomic E-state index is 12.4. The van der Waals surface area contributed by atoms with Crippen LogP contribution in [0.15, 0.2) is 30.3 Å². The Morgan fingerprint density at radius 1 is 1.28 bits per heavy atom. The fourth-order valence-corrected chi connectivity index (χ4v) is 3.65. The van der Waals surface area contributed by atoms with Gasteiger partial charge in [-0.2, -0.15) is 0 Å². The van der Waals surface area contributed by atoms with E-state index in [1.807, 2.05) is 51.1 Å². The van der Waals surface area contributed by atoms with Gasteiger partial charge in [0.05, 0.1) is 5.54 Å². The standard InChI is InChI=1S/C19H26N2O4/c1-18(2,3)25-16(22)20-19-10-9-15(11-19)21(13-19)17(23)24-12-14-7-5-4-6-8-14/h4-8,15H,9-13H2,1-3H3,(H,20,22). The summed E-state index contributed by atoms with van der Waals surface area (Å²) in [7, 11) is 0. The molecule has 2 aliphatic rings. The van der Waals surface area contributed by atoms with Gasteiger partial charge in [0.15, 0.2) is 0 Å². The molecule has 1 aromatic carbocycles. The molecule has 2 bridgehead atoms. The third-order valence-corrected chi connectivity index (χ3v) is 4.70. The van der Waals surface area contributed by atoms with Crippen LogP contribution in [0.3, 0.4) is 0 Å². The second-order valence-electron chi connectivity index (χ2n) is 7.97. The number of nitrogens with zero attached hydrogens (tertiary/aromatic N) is 1. The van der Waals surface area contributed by atoms with Gasteiger partial charge in [0, 0.05) is 12.6 Å². The number of carbonyl (C=O) groups is 2. The Hall–Kier alpha value is -2.24. The average molecular weight is 346 g/mol. The molecule has 1 N–H and O–H groups in total. The minimum Gasteiger partial charge on any atom is -0.445 e. The van der Waals surface area contributed by atoms with Gasteiger partial charge in [-0.25, -0.2) is 9.59 Å². The maximum atomic E-state index is 12.4. The second-order valence-corrected chi connectivity index (χ2v) is 7.97. The van der Waals surface area contributed by atoms with Crippen LogP contribution >= 0.6 is 0 Å². The van der Waals surface area contributed by atoms with Gasteiger partial charge in [0.2, 0.25) is 0 Å². The Bertz CT molecular complexity index is 641. The van der Waals surface area contributed by atoms with Crippen LogP contribution in [0.1, 0.15) is 45.6 Å². The SMILES string of the molecule is CC(C)(C)OC(=O)NC12CCC(C1)N(C(=O)OCc1ccccc1)C2. The van der Waals surface area contributed by atoms with Gasteiger partial charge in [-0.3, -0.25) is 0 Å². The van der Waals surface area contributed by atoms with E-state index in [0.717, 1.165) is 24.8 Å². The molecule has 0 aromatic heterocycles. The number of nitrogens with one attached hydrogen (secondary N) is 1. The molecule has 1 aliphatic heterocycles. The lowest BCUT2D eigenvalue weighted by Crippen LogP contribution is -2.53. The van der Waals surface area contributed by atoms with Gasteiger partial charge in [0.1, 0.15) is 12.2 Å². The number of amides is 2. The van der Waals surface area contributed by atoms with Crippen LogP contribution in [0.5, 0.6) is 0 Å². The molecule has 6 nitrogen and oxygen atoms in total. The molecule has 25 heavy (non-hydrogen) atoms. The molecule has 0 radical (unpaired) electrons. The molecule has 1 saturated heterocycles. The van der Waals surface area contributed by atoms with E-state index in [-0.39, 0.29) is 18.7 Å². The first-order chi connectivity index (χ1) is 11.8. The summed E-state index contributed by atoms with van der Waals surface area (Å²) in [4.78, 5) is 26.3. The summed E-state index contributed by atoms with van der Waals surface area (Å²) in [5.74, 6) is 0. The van der Waals surface area contributed by atoms with E-state index in [9.17, 15) is 9.59 Å². The molecule has 1 heterocycles. The Kier molecular flexibility index (Phi) is 4.62. The summed E-state index contributed by atoms with van der Waals surface area (Å²) in [5, 5.41) is 2.99. The van der Waals surface area contributed by atoms with Crippen molar-refractivity contribution in [2.75, 3.05) is 6.54 Å². The summed E-state index contributed by atoms with van der Waals surface area (Å²) in [6.45, 7) is 6.25. The van der Waals surface area contributed by atoms with Crippen LogP contribution in [0.4, 0.5) is 9.59 Å². The first-order valence-electron chi connectivity index (χ1n) is 8.75. The first kappa shape index (κ1) is 17.6. The molecule has 2 atom stereocenters. The third-order valence-electron chi connectivity index (χ3n) is 4.70. The predicted molar refractivity (Wildman–Crippen MR) is 93.1 cm³/mol. The second kappa shape index (κ2) is 6.58. The average Bonchev–Trinajstić information content (AvgIpc) is 3.09. The van der Waals surface area contributed by atoms with Crippen LogP contribution in [-0.2, 0) is 16.1 Å². The monoisotopic (exact) mass is 346 g/mol. The maximum Gasteiger partial charge on any atom is 0.410 e. The molecule has 0 spiro atoms. The molecule has 3 rings (SSSR count). The number of rotatable bonds is 3. The highest BCUT2D eigenvalue weighted by atomic mass is 16.6. The molecular weight excluding hydrogens is 320 g/mol. The molecule has 1 saturated carbocycles. The number of likely N-dealkylation sites (tertiary alicyclic amines) is 1. The van der Waals surface area contributed by atoms with Crippen LogP contribution in [0.25, 0.3) is 0 Å². The van der Waals surface area contributed by atoms with Crippen molar-refractivity contribution in [3.8, 4) is 0 Å². The van der Waals surface area contributed by atoms with Crippen molar-refractivity contribution in [2.45, 2.75) is 63.8 Å². The third kappa shape index (κ3) is 4.24. The van der Waals surface area contributed by atoms with E-state index in [2.05, 4.69) is 5.32 Å². The van der Waals surface area contributed by atoms with E-state index in [4.69, 9.17) is 9.47 Å². The highest BCUT2D eigenvalue weighted by molar-refractivity contribution is 5.72. The molecule has 2 unspecified atom stereocenters. The summed E-state index contributed by atoms with van der Waals surface area (Å²) >= 11 is 0. The lowest BCUT2D eigenvalue weighted by molar-refractivity contribution is 0.0432. The van der Waals surface area contributed by atoms with Gasteiger partial charge in [-0.1, -0.05) is 30.3 Å². The lowest BCUT2D eigenvalue weighted by Gasteiger charge is -2.33. The van der Waals surface area contributed by atoms with E-state index >= 15 is 0 Å². The number of carbonyl (C=O) groups excluding carboxylic acids is 2. The molecule has 136 valence electrons. The van der Waals surface area contributed by atoms with Crippen LogP contribution in [0, 0.1) is 0 Å². The number of hydrogen-bond donors (Lipinski definition) is 1. The van der Waals surface area contributed by atoms with Gasteiger partial charge in [-0.05, 0) is 45.6 Å². The number of alkyl carbamates (subject to hydrolysis) is 1. The predicted octanol–water partition coefficient (Wildman–Crippen LogP) is 3.45. The number of fused-ring (bicyclic) bond motifs is 2. The van der Waals surface area contributed by atoms with Crippen molar-refractivity contribution in [1.29, 1.82) is 0 Å². The minimum absolute atomic E-state index is 0.123. The van der Waals surface area contributed by atoms with Crippen molar-refractivity contribution in [3.05, 3.63) is 35.9 Å². The van der Waals surface area contributed by atoms with E-state index in [0.29, 0.717) is 6.54 Å². The first-order valence-corrected chi connectivity index (χ1v) is 8.75. The zero-order valence-corrected chi connectivity index (χ0v) is 15.1. The molecule has 1 aliphatic carbocycles. The Labute approximate surface area is 148 Å². The molecule has 2 amide bonds. The summed E-state index contributed by atoms with van der Waals surface area (Å²) in [6.07, 6.45) is 1.75. The zero-order chi connectivity index (χ0) is 18.1. The number of piperidine rings is 1. The van der Waals surface area contributed by atoms with Gasteiger partial charge in [-0.15, -0.1) is 0 Å². The number of ether oxygens (including phenoxy) is 2. The highest BCUT2D eigenvalue weighted by Gasteiger charge is 2.52. The molecule has 6 heteroatoms. The largest absolute Gasteiger partial charge is 0.445 e. The number of benzene rings is 1. The smallest absolute Gasteiger partial charge is 0.410 e. The van der Waals surface area contributed by atoms with Crippen LogP contribution in [0.2, 0.25) is 0 Å². The minimum atomic E-state index is -0.536. The van der Waals surface area contributed by atoms with Crippen molar-refractivity contribution >= 4 is 12.2 Å². The number of hydrogen-bond acceptors (Lipinski definition) is 4. The molecule has 1 aromatic rings. The van der Waals surface area contributed by atoms with Crippen LogP contribution < -0.4 is 5.32 Å². The van der Waals surface area contributed by atoms with Crippen molar-refractivity contribution in [1.82, 2.24) is 10.2 Å². The van der Waals surface area contributed by atoms with Gasteiger partial charge in [0.25, 0.3) is 0 Å². The van der Waals surface area contributed by atoms with E-state index < -0.39 is 17.2 Å². The molecular formula is C19H26N2O4. The van der Waals surface area contributed by atoms with Crippen molar-refractivity contribution < 1.29 is 19.1 Å². The van der Waals surface area contributed by atoms with E-state index in [1.54, 1.807) is 4.90 Å². The summed E-state index contributed by atoms with van der Waals surface area (Å²) in [5.41, 5.74) is 0.0338. The van der Waals surface area contributed by atoms with Crippen LogP contribution in [-0.4, -0.2) is 40.8 Å². The topological polar surface area (TPSA) is 67.9 Å². The molecule has 2 fully saturated rings. The Morgan fingerprint density at radius 3 is 2.68 bits per heavy atom. The lowest BCUT2D eigenvalue weighted by atomic mass is 9.99. The summed E-state index contributed by atoms with van der Waals surface area (Å²) in [6, 6.07) is 9.74. The van der Waals surface area contributed by atoms with Crippen molar-refractivity contribution in [3.63, 3.8) is 0 Å². The zero-order valence-electron chi connectivity index (χ0n) is 15.1. The van der Waals surface area contributed by atoms with Gasteiger partial charge >= 0.3 is 12.2 Å². The van der Waals surface area contributed by atoms with E-state index in [1.165, 1.54) is 0 Å². The Balaban J connectivity index is 1.55. The quantitative estimate of drug-likeness (QED) is 0.910. The highest BCUT2D eigenvalue weighted by Crippen LogP contribution is 2.41. The normalized spacial score (nSPS) is 24.9. The fourth-order valence-electron chi connectivity index (χ4n) is 3.65. The fraction of sp³-hybridized carbons (Fsp3) is 0.579. The van der Waals surface area contributed by atoms with Crippen molar-refractivity contribution in [2.24, 2.45) is 0 Å².